The molecule has 3 fully saturated rings. The van der Waals surface area contributed by atoms with E-state index in [9.17, 15) is 50.3 Å². The van der Waals surface area contributed by atoms with E-state index in [2.05, 4.69) is 10.3 Å². The second-order valence-electron chi connectivity index (χ2n) is 16.0. The van der Waals surface area contributed by atoms with Crippen LogP contribution in [-0.4, -0.2) is 125 Å². The minimum absolute atomic E-state index is 0.00715. The van der Waals surface area contributed by atoms with Crippen molar-refractivity contribution >= 4 is 44.6 Å². The van der Waals surface area contributed by atoms with Crippen LogP contribution in [0.5, 0.6) is 11.6 Å². The standard InChI is InChI=1S/C38H47F4N5O10S/c1-21-8-6-7-9-24-18-37(24,33(50)45-58(53,54)36(20-39)13-14-36)44-30(48)28-17-26(57-31-27-11-10-25(55-5)16-23(27)12-15-43-31)19-46(28)32(49)29(22(2)56-21)47(34(51)52)35(3,4)38(40,41)42/h7,9-12,15-16,21-22,24,26,28-29H,6,8,13-14,17-20H2,1-5H3,(H,44,48)(H,45,50)(H,51,52)/b9-7-/t21-,22+,24-,26-,28+,29+,37-/m1/s1. The minimum Gasteiger partial charge on any atom is -0.497 e. The molecule has 0 bridgehead atoms. The molecule has 1 aromatic carbocycles. The van der Waals surface area contributed by atoms with Crippen LogP contribution in [0.4, 0.5) is 22.4 Å². The topological polar surface area (TPSA) is 194 Å². The molecular weight excluding hydrogens is 795 g/mol. The number of pyridine rings is 1. The number of carbonyl (C=O) groups is 4. The van der Waals surface area contributed by atoms with Gasteiger partial charge in [-0.3, -0.25) is 24.0 Å². The number of ether oxygens (including phenoxy) is 3. The van der Waals surface area contributed by atoms with Crippen LogP contribution < -0.4 is 19.5 Å². The number of hydrogen-bond donors (Lipinski definition) is 3. The van der Waals surface area contributed by atoms with Gasteiger partial charge in [0.05, 0.1) is 25.9 Å². The van der Waals surface area contributed by atoms with Crippen LogP contribution >= 0.6 is 0 Å². The summed E-state index contributed by atoms with van der Waals surface area (Å²) in [5.41, 5.74) is -5.00. The van der Waals surface area contributed by atoms with E-state index in [1.807, 2.05) is 4.72 Å². The molecule has 58 heavy (non-hydrogen) atoms. The van der Waals surface area contributed by atoms with E-state index in [1.54, 1.807) is 43.3 Å². The lowest BCUT2D eigenvalue weighted by molar-refractivity contribution is -0.225. The maximum atomic E-state index is 14.9. The number of allylic oxidation sites excluding steroid dienone is 1. The van der Waals surface area contributed by atoms with E-state index in [-0.39, 0.29) is 49.3 Å². The first kappa shape index (κ1) is 42.9. The predicted molar refractivity (Wildman–Crippen MR) is 199 cm³/mol. The molecule has 7 atom stereocenters. The van der Waals surface area contributed by atoms with E-state index < -0.39 is 105 Å². The average Bonchev–Trinajstić information content (AvgIpc) is 4.05. The molecule has 3 N–H and O–H groups in total. The van der Waals surface area contributed by atoms with Crippen molar-refractivity contribution in [2.24, 2.45) is 5.92 Å². The first-order valence-corrected chi connectivity index (χ1v) is 20.4. The Hall–Kier alpha value is -4.72. The molecule has 3 heterocycles. The maximum Gasteiger partial charge on any atom is 0.411 e. The molecule has 1 saturated heterocycles. The van der Waals surface area contributed by atoms with Crippen molar-refractivity contribution in [3.05, 3.63) is 42.6 Å². The second-order valence-corrected chi connectivity index (χ2v) is 18.1. The SMILES string of the molecule is COc1ccc2c(O[C@@H]3C[C@H]4C(=O)N[C@]5(C(=O)NS(=O)(=O)C6(CF)CC6)C[C@H]5/C=C\CC[C@@H](C)O[C@@H](C)[C@H](N(C(=O)O)C(C)(C)C(F)(F)F)C(=O)N4C3)nccc2c1. The second kappa shape index (κ2) is 15.5. The molecule has 2 aromatic rings. The van der Waals surface area contributed by atoms with Crippen LogP contribution in [0, 0.1) is 5.92 Å². The van der Waals surface area contributed by atoms with Crippen molar-refractivity contribution < 1.29 is 64.5 Å². The molecule has 6 rings (SSSR count). The summed E-state index contributed by atoms with van der Waals surface area (Å²) in [6, 6.07) is 3.02. The normalized spacial score (nSPS) is 29.5. The third-order valence-electron chi connectivity index (χ3n) is 11.7. The van der Waals surface area contributed by atoms with E-state index in [4.69, 9.17) is 14.2 Å². The molecule has 15 nitrogen and oxygen atoms in total. The fourth-order valence-corrected chi connectivity index (χ4v) is 9.16. The van der Waals surface area contributed by atoms with Crippen LogP contribution in [0.3, 0.4) is 0 Å². The van der Waals surface area contributed by atoms with Gasteiger partial charge in [0.1, 0.15) is 46.4 Å². The number of carbonyl (C=O) groups excluding carboxylic acids is 3. The highest BCUT2D eigenvalue weighted by molar-refractivity contribution is 7.91. The van der Waals surface area contributed by atoms with E-state index >= 15 is 0 Å². The summed E-state index contributed by atoms with van der Waals surface area (Å²) < 4.78 is 102. The first-order chi connectivity index (χ1) is 27.1. The van der Waals surface area contributed by atoms with Crippen molar-refractivity contribution in [2.45, 2.75) is 119 Å². The van der Waals surface area contributed by atoms with Gasteiger partial charge in [-0.15, -0.1) is 0 Å². The Balaban J connectivity index is 1.42. The van der Waals surface area contributed by atoms with Crippen LogP contribution in [-0.2, 0) is 29.1 Å². The van der Waals surface area contributed by atoms with Gasteiger partial charge in [0.15, 0.2) is 0 Å². The van der Waals surface area contributed by atoms with Gasteiger partial charge >= 0.3 is 12.3 Å². The minimum atomic E-state index is -5.17. The predicted octanol–water partition coefficient (Wildman–Crippen LogP) is 4.25. The maximum absolute atomic E-state index is 14.9. The number of sulfonamides is 1. The zero-order valence-electron chi connectivity index (χ0n) is 32.5. The fourth-order valence-electron chi connectivity index (χ4n) is 7.74. The number of rotatable bonds is 9. The molecule has 2 aliphatic heterocycles. The Kier molecular flexibility index (Phi) is 11.4. The van der Waals surface area contributed by atoms with Crippen molar-refractivity contribution in [1.82, 2.24) is 24.8 Å². The highest BCUT2D eigenvalue weighted by Gasteiger charge is 2.64. The lowest BCUT2D eigenvalue weighted by Crippen LogP contribution is -2.67. The molecule has 0 radical (unpaired) electrons. The highest BCUT2D eigenvalue weighted by Crippen LogP contribution is 2.48. The van der Waals surface area contributed by atoms with Crippen molar-refractivity contribution in [2.75, 3.05) is 20.3 Å². The molecule has 1 aromatic heterocycles. The highest BCUT2D eigenvalue weighted by atomic mass is 32.2. The Morgan fingerprint density at radius 3 is 2.50 bits per heavy atom. The number of hydrogen-bond acceptors (Lipinski definition) is 10. The Morgan fingerprint density at radius 1 is 1.17 bits per heavy atom. The lowest BCUT2D eigenvalue weighted by Gasteiger charge is -2.45. The van der Waals surface area contributed by atoms with E-state index in [0.717, 1.165) is 4.90 Å². The number of amides is 4. The van der Waals surface area contributed by atoms with Gasteiger partial charge in [0, 0.05) is 23.9 Å². The summed E-state index contributed by atoms with van der Waals surface area (Å²) in [5, 5.41) is 14.2. The zero-order valence-corrected chi connectivity index (χ0v) is 33.4. The van der Waals surface area contributed by atoms with Crippen LogP contribution in [0.1, 0.15) is 66.2 Å². The Bertz CT molecular complexity index is 2100. The number of nitrogens with zero attached hydrogens (tertiary/aromatic N) is 3. The Morgan fingerprint density at radius 2 is 1.88 bits per heavy atom. The summed E-state index contributed by atoms with van der Waals surface area (Å²) in [6.07, 6.45) is -5.61. The molecule has 0 spiro atoms. The molecule has 4 amide bonds. The summed E-state index contributed by atoms with van der Waals surface area (Å²) >= 11 is 0. The number of halogens is 4. The summed E-state index contributed by atoms with van der Waals surface area (Å²) in [4.78, 5) is 61.3. The van der Waals surface area contributed by atoms with E-state index in [0.29, 0.717) is 30.4 Å². The van der Waals surface area contributed by atoms with Crippen molar-refractivity contribution in [3.8, 4) is 11.6 Å². The van der Waals surface area contributed by atoms with Crippen molar-refractivity contribution in [1.29, 1.82) is 0 Å². The number of alkyl halides is 4. The van der Waals surface area contributed by atoms with Crippen LogP contribution in [0.2, 0.25) is 0 Å². The monoisotopic (exact) mass is 841 g/mol. The quantitative estimate of drug-likeness (QED) is 0.242. The number of nitrogens with one attached hydrogen (secondary N) is 2. The fraction of sp³-hybridized carbons (Fsp3) is 0.605. The molecule has 20 heteroatoms. The molecule has 2 aliphatic carbocycles. The van der Waals surface area contributed by atoms with Crippen molar-refractivity contribution in [3.63, 3.8) is 0 Å². The number of carboxylic acid groups (broad SMARTS) is 1. The molecule has 4 aliphatic rings. The Labute approximate surface area is 332 Å². The van der Waals surface area contributed by atoms with Crippen LogP contribution in [0.25, 0.3) is 10.8 Å². The van der Waals surface area contributed by atoms with Gasteiger partial charge in [-0.2, -0.15) is 13.2 Å². The third kappa shape index (κ3) is 7.88. The average molecular weight is 842 g/mol. The number of fused-ring (bicyclic) bond motifs is 3. The number of methoxy groups -OCH3 is 1. The molecule has 2 saturated carbocycles. The third-order valence-corrected chi connectivity index (χ3v) is 13.8. The van der Waals surface area contributed by atoms with E-state index in [1.165, 1.54) is 20.2 Å². The first-order valence-electron chi connectivity index (χ1n) is 18.9. The van der Waals surface area contributed by atoms with Gasteiger partial charge in [-0.05, 0) is 89.5 Å². The lowest BCUT2D eigenvalue weighted by atomic mass is 9.96. The molecule has 318 valence electrons. The molecule has 0 unspecified atom stereocenters. The van der Waals surface area contributed by atoms with Gasteiger partial charge in [-0.1, -0.05) is 12.2 Å². The zero-order chi connectivity index (χ0) is 42.6. The largest absolute Gasteiger partial charge is 0.497 e. The number of benzene rings is 1. The van der Waals surface area contributed by atoms with Gasteiger partial charge < -0.3 is 29.5 Å². The summed E-state index contributed by atoms with van der Waals surface area (Å²) in [5.74, 6) is -3.42. The van der Waals surface area contributed by atoms with Gasteiger partial charge in [-0.25, -0.2) is 22.6 Å². The van der Waals surface area contributed by atoms with Gasteiger partial charge in [0.25, 0.3) is 5.91 Å². The molecular formula is C38H47F4N5O10S. The van der Waals surface area contributed by atoms with Gasteiger partial charge in [0.2, 0.25) is 27.7 Å². The smallest absolute Gasteiger partial charge is 0.411 e. The number of aromatic nitrogens is 1. The summed E-state index contributed by atoms with van der Waals surface area (Å²) in [7, 11) is -3.03. The van der Waals surface area contributed by atoms with Crippen LogP contribution in [0.15, 0.2) is 42.6 Å². The summed E-state index contributed by atoms with van der Waals surface area (Å²) in [6.45, 7) is 2.44.